The summed E-state index contributed by atoms with van der Waals surface area (Å²) in [7, 11) is 0. The summed E-state index contributed by atoms with van der Waals surface area (Å²) < 4.78 is 1.48. The summed E-state index contributed by atoms with van der Waals surface area (Å²) in [5.74, 6) is 0.270. The molecule has 2 heterocycles. The van der Waals surface area contributed by atoms with Gasteiger partial charge in [0.1, 0.15) is 0 Å². The first-order chi connectivity index (χ1) is 10.6. The lowest BCUT2D eigenvalue weighted by atomic mass is 10.1. The zero-order chi connectivity index (χ0) is 15.4. The van der Waals surface area contributed by atoms with Crippen LogP contribution in [-0.2, 0) is 0 Å². The molecule has 0 atom stereocenters. The molecule has 1 N–H and O–H groups in total. The van der Waals surface area contributed by atoms with Crippen molar-refractivity contribution >= 4 is 27.6 Å². The standard InChI is InChI=1S/C17H13N3O2/c1-9-7-13-14(8-10(9)2)20-16(22)12-6-4-3-5-11(12)15(21)19-17(20)18-13/h3-8H,1-2H3,(H,18,19,21). The number of nitrogens with zero attached hydrogens (tertiary/aromatic N) is 2. The molecular weight excluding hydrogens is 278 g/mol. The van der Waals surface area contributed by atoms with Crippen molar-refractivity contribution in [3.63, 3.8) is 0 Å². The van der Waals surface area contributed by atoms with Gasteiger partial charge in [0.2, 0.25) is 5.78 Å². The van der Waals surface area contributed by atoms with Crippen molar-refractivity contribution in [2.24, 2.45) is 0 Å². The quantitative estimate of drug-likeness (QED) is 0.540. The lowest BCUT2D eigenvalue weighted by Gasteiger charge is -1.99. The summed E-state index contributed by atoms with van der Waals surface area (Å²) in [6.07, 6.45) is 0. The van der Waals surface area contributed by atoms with Crippen molar-refractivity contribution in [3.8, 4) is 0 Å². The molecule has 0 radical (unpaired) electrons. The number of nitrogens with one attached hydrogen (secondary N) is 1. The number of aromatic amines is 1. The Balaban J connectivity index is 2.40. The van der Waals surface area contributed by atoms with Gasteiger partial charge in [0.25, 0.3) is 11.1 Å². The van der Waals surface area contributed by atoms with Crippen LogP contribution in [0.4, 0.5) is 0 Å². The van der Waals surface area contributed by atoms with Crippen LogP contribution >= 0.6 is 0 Å². The summed E-state index contributed by atoms with van der Waals surface area (Å²) >= 11 is 0. The molecule has 0 amide bonds. The number of hydrogen-bond donors (Lipinski definition) is 1. The fourth-order valence-corrected chi connectivity index (χ4v) is 2.78. The second-order valence-electron chi connectivity index (χ2n) is 5.50. The van der Waals surface area contributed by atoms with E-state index in [0.29, 0.717) is 21.8 Å². The first kappa shape index (κ1) is 12.8. The van der Waals surface area contributed by atoms with Crippen LogP contribution < -0.4 is 11.1 Å². The van der Waals surface area contributed by atoms with Gasteiger partial charge in [-0.15, -0.1) is 0 Å². The number of aromatic nitrogens is 3. The second-order valence-corrected chi connectivity index (χ2v) is 5.50. The average molecular weight is 291 g/mol. The Labute approximate surface area is 124 Å². The highest BCUT2D eigenvalue weighted by Gasteiger charge is 2.11. The fraction of sp³-hybridized carbons (Fsp3) is 0.118. The summed E-state index contributed by atoms with van der Waals surface area (Å²) in [6, 6.07) is 10.7. The number of H-pyrrole nitrogens is 1. The van der Waals surface area contributed by atoms with Gasteiger partial charge in [0, 0.05) is 0 Å². The number of imidazole rings is 1. The molecule has 0 aliphatic heterocycles. The maximum atomic E-state index is 12.9. The van der Waals surface area contributed by atoms with Crippen molar-refractivity contribution in [2.45, 2.75) is 13.8 Å². The molecule has 0 saturated carbocycles. The molecule has 4 aromatic rings. The van der Waals surface area contributed by atoms with E-state index in [1.54, 1.807) is 24.3 Å². The number of rotatable bonds is 0. The maximum Gasteiger partial charge on any atom is 0.266 e. The Morgan fingerprint density at radius 3 is 2.45 bits per heavy atom. The molecule has 0 aliphatic carbocycles. The van der Waals surface area contributed by atoms with Gasteiger partial charge >= 0.3 is 0 Å². The van der Waals surface area contributed by atoms with Crippen molar-refractivity contribution in [2.75, 3.05) is 0 Å². The molecule has 0 fully saturated rings. The predicted molar refractivity (Wildman–Crippen MR) is 86.6 cm³/mol. The minimum absolute atomic E-state index is 0.241. The summed E-state index contributed by atoms with van der Waals surface area (Å²) in [4.78, 5) is 32.3. The Kier molecular flexibility index (Phi) is 2.48. The molecule has 2 aromatic carbocycles. The van der Waals surface area contributed by atoms with E-state index < -0.39 is 0 Å². The Morgan fingerprint density at radius 1 is 1.00 bits per heavy atom. The summed E-state index contributed by atoms with van der Waals surface area (Å²) in [5.41, 5.74) is 3.03. The van der Waals surface area contributed by atoms with Crippen molar-refractivity contribution < 1.29 is 0 Å². The molecule has 0 unspecified atom stereocenters. The smallest absolute Gasteiger partial charge is 0.266 e. The van der Waals surface area contributed by atoms with E-state index in [0.717, 1.165) is 11.1 Å². The molecule has 108 valence electrons. The van der Waals surface area contributed by atoms with Gasteiger partial charge in [-0.3, -0.25) is 14.6 Å². The van der Waals surface area contributed by atoms with Crippen molar-refractivity contribution in [3.05, 3.63) is 68.2 Å². The van der Waals surface area contributed by atoms with E-state index in [2.05, 4.69) is 9.97 Å². The number of benzene rings is 2. The minimum Gasteiger partial charge on any atom is -0.291 e. The van der Waals surface area contributed by atoms with Gasteiger partial charge in [-0.2, -0.15) is 0 Å². The van der Waals surface area contributed by atoms with Gasteiger partial charge in [0.15, 0.2) is 0 Å². The molecular formula is C17H13N3O2. The van der Waals surface area contributed by atoms with Gasteiger partial charge in [0.05, 0.1) is 21.8 Å². The lowest BCUT2D eigenvalue weighted by molar-refractivity contribution is 1.12. The summed E-state index contributed by atoms with van der Waals surface area (Å²) in [6.45, 7) is 3.98. The largest absolute Gasteiger partial charge is 0.291 e. The first-order valence-electron chi connectivity index (χ1n) is 7.01. The Morgan fingerprint density at radius 2 is 1.68 bits per heavy atom. The maximum absolute atomic E-state index is 12.9. The minimum atomic E-state index is -0.313. The lowest BCUT2D eigenvalue weighted by Crippen LogP contribution is -2.09. The van der Waals surface area contributed by atoms with Gasteiger partial charge in [-0.1, -0.05) is 12.1 Å². The third-order valence-corrected chi connectivity index (χ3v) is 4.10. The Bertz CT molecular complexity index is 1190. The molecule has 22 heavy (non-hydrogen) atoms. The zero-order valence-corrected chi connectivity index (χ0v) is 12.2. The van der Waals surface area contributed by atoms with Gasteiger partial charge in [-0.25, -0.2) is 9.38 Å². The zero-order valence-electron chi connectivity index (χ0n) is 12.2. The van der Waals surface area contributed by atoms with Gasteiger partial charge < -0.3 is 0 Å². The normalized spacial score (nSPS) is 11.5. The predicted octanol–water partition coefficient (Wildman–Crippen LogP) is 2.31. The highest BCUT2D eigenvalue weighted by molar-refractivity contribution is 5.85. The van der Waals surface area contributed by atoms with Crippen LogP contribution in [0.5, 0.6) is 0 Å². The highest BCUT2D eigenvalue weighted by Crippen LogP contribution is 2.19. The van der Waals surface area contributed by atoms with Crippen molar-refractivity contribution in [1.29, 1.82) is 0 Å². The van der Waals surface area contributed by atoms with E-state index in [1.165, 1.54) is 4.40 Å². The second kappa shape index (κ2) is 4.27. The van der Waals surface area contributed by atoms with Crippen molar-refractivity contribution in [1.82, 2.24) is 14.4 Å². The molecule has 5 nitrogen and oxygen atoms in total. The molecule has 5 heteroatoms. The van der Waals surface area contributed by atoms with Crippen LogP contribution in [0.1, 0.15) is 11.1 Å². The number of hydrogen-bond acceptors (Lipinski definition) is 3. The third kappa shape index (κ3) is 1.62. The monoisotopic (exact) mass is 291 g/mol. The SMILES string of the molecule is Cc1cc2nc3[nH]c(=O)c4ccccc4c(=O)n3c2cc1C. The summed E-state index contributed by atoms with van der Waals surface area (Å²) in [5, 5.41) is 0.756. The fourth-order valence-electron chi connectivity index (χ4n) is 2.78. The molecule has 2 aromatic heterocycles. The van der Waals surface area contributed by atoms with Crippen LogP contribution in [0.2, 0.25) is 0 Å². The molecule has 0 spiro atoms. The van der Waals surface area contributed by atoms with E-state index in [9.17, 15) is 9.59 Å². The molecule has 4 rings (SSSR count). The van der Waals surface area contributed by atoms with Crippen LogP contribution in [0.15, 0.2) is 46.0 Å². The first-order valence-corrected chi connectivity index (χ1v) is 7.01. The number of aryl methyl sites for hydroxylation is 2. The number of fused-ring (bicyclic) bond motifs is 4. The molecule has 0 bridgehead atoms. The van der Waals surface area contributed by atoms with Gasteiger partial charge in [-0.05, 0) is 49.2 Å². The van der Waals surface area contributed by atoms with Crippen LogP contribution in [0.3, 0.4) is 0 Å². The van der Waals surface area contributed by atoms with E-state index in [1.807, 2.05) is 26.0 Å². The van der Waals surface area contributed by atoms with Crippen LogP contribution in [0.25, 0.3) is 27.6 Å². The van der Waals surface area contributed by atoms with E-state index in [-0.39, 0.29) is 16.9 Å². The molecule has 0 aliphatic rings. The molecule has 0 saturated heterocycles. The third-order valence-electron chi connectivity index (χ3n) is 4.10. The highest BCUT2D eigenvalue weighted by atomic mass is 16.1. The van der Waals surface area contributed by atoms with E-state index >= 15 is 0 Å². The van der Waals surface area contributed by atoms with E-state index in [4.69, 9.17) is 0 Å². The Hall–Kier alpha value is -2.95. The average Bonchev–Trinajstić information content (AvgIpc) is 2.79. The van der Waals surface area contributed by atoms with Crippen LogP contribution in [0, 0.1) is 13.8 Å². The van der Waals surface area contributed by atoms with Crippen LogP contribution in [-0.4, -0.2) is 14.4 Å². The topological polar surface area (TPSA) is 67.2 Å².